The van der Waals surface area contributed by atoms with Crippen molar-refractivity contribution in [3.63, 3.8) is 0 Å². The molecule has 25 heavy (non-hydrogen) atoms. The molecular formula is C19H27N3O2S. The third-order valence-electron chi connectivity index (χ3n) is 4.71. The normalized spacial score (nSPS) is 18.6. The molecule has 1 saturated heterocycles. The summed E-state index contributed by atoms with van der Waals surface area (Å²) in [6, 6.07) is 4.42. The van der Waals surface area contributed by atoms with E-state index < -0.39 is 0 Å². The number of nitrogens with zero attached hydrogens (tertiary/aromatic N) is 2. The van der Waals surface area contributed by atoms with Gasteiger partial charge in [-0.25, -0.2) is 4.98 Å². The van der Waals surface area contributed by atoms with Crippen molar-refractivity contribution >= 4 is 17.2 Å². The Bertz CT molecular complexity index is 707. The summed E-state index contributed by atoms with van der Waals surface area (Å²) in [5, 5.41) is 5.86. The highest BCUT2D eigenvalue weighted by Gasteiger charge is 2.22. The van der Waals surface area contributed by atoms with Crippen molar-refractivity contribution in [1.82, 2.24) is 15.2 Å². The fourth-order valence-electron chi connectivity index (χ4n) is 3.27. The molecule has 6 heteroatoms. The van der Waals surface area contributed by atoms with E-state index in [1.165, 1.54) is 30.7 Å². The molecule has 1 fully saturated rings. The highest BCUT2D eigenvalue weighted by atomic mass is 32.1. The van der Waals surface area contributed by atoms with Gasteiger partial charge >= 0.3 is 0 Å². The van der Waals surface area contributed by atoms with Crippen molar-refractivity contribution in [1.29, 1.82) is 0 Å². The van der Waals surface area contributed by atoms with Gasteiger partial charge in [0.15, 0.2) is 10.8 Å². The Kier molecular flexibility index (Phi) is 5.91. The molecule has 0 saturated carbocycles. The van der Waals surface area contributed by atoms with Crippen LogP contribution in [0.15, 0.2) is 21.9 Å². The number of piperidine rings is 1. The maximum absolute atomic E-state index is 12.2. The van der Waals surface area contributed by atoms with Gasteiger partial charge in [-0.15, -0.1) is 11.3 Å². The standard InChI is InChI=1S/C19H27N3O2S/c1-13(2)22-8-4-5-15(11-22)10-20-18(23)9-16-12-25-19(21-16)17-7-6-14(3)24-17/h6-7,12-13,15H,4-5,8-11H2,1-3H3,(H,20,23)/t15-/m0/s1. The quantitative estimate of drug-likeness (QED) is 0.856. The molecule has 0 aliphatic carbocycles. The van der Waals surface area contributed by atoms with Crippen molar-refractivity contribution in [3.8, 4) is 10.8 Å². The van der Waals surface area contributed by atoms with E-state index in [-0.39, 0.29) is 5.91 Å². The van der Waals surface area contributed by atoms with Crippen LogP contribution in [0, 0.1) is 12.8 Å². The maximum atomic E-state index is 12.2. The van der Waals surface area contributed by atoms with Gasteiger partial charge in [0.05, 0.1) is 12.1 Å². The molecule has 0 radical (unpaired) electrons. The third kappa shape index (κ3) is 4.92. The smallest absolute Gasteiger partial charge is 0.226 e. The van der Waals surface area contributed by atoms with Crippen LogP contribution in [0.1, 0.15) is 38.1 Å². The molecule has 5 nitrogen and oxygen atoms in total. The molecule has 3 heterocycles. The van der Waals surface area contributed by atoms with Crippen LogP contribution >= 0.6 is 11.3 Å². The number of rotatable bonds is 6. The number of aromatic nitrogens is 1. The zero-order chi connectivity index (χ0) is 17.8. The Morgan fingerprint density at radius 1 is 1.48 bits per heavy atom. The number of hydrogen-bond acceptors (Lipinski definition) is 5. The summed E-state index contributed by atoms with van der Waals surface area (Å²) in [4.78, 5) is 19.3. The number of furan rings is 1. The monoisotopic (exact) mass is 361 g/mol. The van der Waals surface area contributed by atoms with Gasteiger partial charge in [-0.3, -0.25) is 4.79 Å². The van der Waals surface area contributed by atoms with Crippen LogP contribution in [0.25, 0.3) is 10.8 Å². The second kappa shape index (κ2) is 8.15. The lowest BCUT2D eigenvalue weighted by atomic mass is 9.97. The summed E-state index contributed by atoms with van der Waals surface area (Å²) < 4.78 is 5.59. The fraction of sp³-hybridized carbons (Fsp3) is 0.579. The van der Waals surface area contributed by atoms with Crippen molar-refractivity contribution in [2.45, 2.75) is 46.1 Å². The first-order valence-corrected chi connectivity index (χ1v) is 9.91. The van der Waals surface area contributed by atoms with E-state index in [9.17, 15) is 4.79 Å². The summed E-state index contributed by atoms with van der Waals surface area (Å²) in [5.41, 5.74) is 0.805. The Balaban J connectivity index is 1.47. The Morgan fingerprint density at radius 2 is 2.32 bits per heavy atom. The van der Waals surface area contributed by atoms with Crippen LogP contribution in [0.5, 0.6) is 0 Å². The van der Waals surface area contributed by atoms with E-state index in [1.807, 2.05) is 24.4 Å². The molecule has 136 valence electrons. The zero-order valence-corrected chi connectivity index (χ0v) is 16.1. The van der Waals surface area contributed by atoms with E-state index >= 15 is 0 Å². The van der Waals surface area contributed by atoms with Crippen LogP contribution in [0.2, 0.25) is 0 Å². The Labute approximate surface area is 153 Å². The molecule has 0 bridgehead atoms. The van der Waals surface area contributed by atoms with E-state index in [1.54, 1.807) is 0 Å². The summed E-state index contributed by atoms with van der Waals surface area (Å²) >= 11 is 1.52. The zero-order valence-electron chi connectivity index (χ0n) is 15.2. The molecule has 1 amide bonds. The number of thiazole rings is 1. The summed E-state index contributed by atoms with van der Waals surface area (Å²) in [6.07, 6.45) is 2.75. The predicted molar refractivity (Wildman–Crippen MR) is 101 cm³/mol. The van der Waals surface area contributed by atoms with E-state index in [0.717, 1.165) is 35.3 Å². The molecule has 2 aromatic rings. The first kappa shape index (κ1) is 18.1. The summed E-state index contributed by atoms with van der Waals surface area (Å²) in [5.74, 6) is 2.24. The second-order valence-electron chi connectivity index (χ2n) is 7.13. The summed E-state index contributed by atoms with van der Waals surface area (Å²) in [7, 11) is 0. The minimum atomic E-state index is 0.0501. The Morgan fingerprint density at radius 3 is 3.04 bits per heavy atom. The summed E-state index contributed by atoms with van der Waals surface area (Å²) in [6.45, 7) is 9.41. The Hall–Kier alpha value is -1.66. The molecule has 0 unspecified atom stereocenters. The van der Waals surface area contributed by atoms with Crippen LogP contribution < -0.4 is 5.32 Å². The number of amides is 1. The lowest BCUT2D eigenvalue weighted by molar-refractivity contribution is -0.120. The van der Waals surface area contributed by atoms with Crippen LogP contribution in [-0.2, 0) is 11.2 Å². The molecule has 2 aromatic heterocycles. The number of carbonyl (C=O) groups is 1. The van der Waals surface area contributed by atoms with Gasteiger partial charge in [-0.1, -0.05) is 0 Å². The first-order valence-electron chi connectivity index (χ1n) is 9.03. The van der Waals surface area contributed by atoms with Crippen molar-refractivity contribution in [2.24, 2.45) is 5.92 Å². The molecule has 1 aliphatic rings. The third-order valence-corrected chi connectivity index (χ3v) is 5.62. The van der Waals surface area contributed by atoms with E-state index in [2.05, 4.69) is 29.0 Å². The number of likely N-dealkylation sites (tertiary alicyclic amines) is 1. The highest BCUT2D eigenvalue weighted by Crippen LogP contribution is 2.25. The van der Waals surface area contributed by atoms with Gasteiger partial charge in [0.2, 0.25) is 5.91 Å². The SMILES string of the molecule is Cc1ccc(-c2nc(CC(=O)NC[C@@H]3CCCN(C(C)C)C3)cs2)o1. The van der Waals surface area contributed by atoms with Gasteiger partial charge in [-0.05, 0) is 58.2 Å². The molecule has 0 aromatic carbocycles. The average molecular weight is 362 g/mol. The van der Waals surface area contributed by atoms with Gasteiger partial charge in [-0.2, -0.15) is 0 Å². The molecule has 3 rings (SSSR count). The number of carbonyl (C=O) groups excluding carboxylic acids is 1. The lowest BCUT2D eigenvalue weighted by Gasteiger charge is -2.35. The fourth-order valence-corrected chi connectivity index (χ4v) is 4.05. The minimum absolute atomic E-state index is 0.0501. The predicted octanol–water partition coefficient (Wildman–Crippen LogP) is 3.49. The largest absolute Gasteiger partial charge is 0.459 e. The molecule has 1 N–H and O–H groups in total. The van der Waals surface area contributed by atoms with Crippen LogP contribution in [-0.4, -0.2) is 41.5 Å². The van der Waals surface area contributed by atoms with E-state index in [0.29, 0.717) is 18.4 Å². The maximum Gasteiger partial charge on any atom is 0.226 e. The minimum Gasteiger partial charge on any atom is -0.459 e. The van der Waals surface area contributed by atoms with Crippen molar-refractivity contribution in [2.75, 3.05) is 19.6 Å². The van der Waals surface area contributed by atoms with Crippen molar-refractivity contribution in [3.05, 3.63) is 29.0 Å². The lowest BCUT2D eigenvalue weighted by Crippen LogP contribution is -2.44. The number of aryl methyl sites for hydroxylation is 1. The second-order valence-corrected chi connectivity index (χ2v) is 7.99. The van der Waals surface area contributed by atoms with Crippen LogP contribution in [0.3, 0.4) is 0 Å². The topological polar surface area (TPSA) is 58.4 Å². The van der Waals surface area contributed by atoms with Gasteiger partial charge in [0, 0.05) is 24.5 Å². The molecule has 1 aliphatic heterocycles. The number of nitrogens with one attached hydrogen (secondary N) is 1. The van der Waals surface area contributed by atoms with Crippen LogP contribution in [0.4, 0.5) is 0 Å². The average Bonchev–Trinajstić information content (AvgIpc) is 3.22. The highest BCUT2D eigenvalue weighted by molar-refractivity contribution is 7.13. The molecular weight excluding hydrogens is 334 g/mol. The van der Waals surface area contributed by atoms with Crippen molar-refractivity contribution < 1.29 is 9.21 Å². The number of hydrogen-bond donors (Lipinski definition) is 1. The van der Waals surface area contributed by atoms with Gasteiger partial charge < -0.3 is 14.6 Å². The van der Waals surface area contributed by atoms with E-state index in [4.69, 9.17) is 4.42 Å². The molecule has 1 atom stereocenters. The molecule has 0 spiro atoms. The first-order chi connectivity index (χ1) is 12.0. The van der Waals surface area contributed by atoms with Gasteiger partial charge in [0.1, 0.15) is 5.76 Å². The van der Waals surface area contributed by atoms with Gasteiger partial charge in [0.25, 0.3) is 0 Å².